The van der Waals surface area contributed by atoms with E-state index in [1.807, 2.05) is 73.1 Å². The predicted octanol–water partition coefficient (Wildman–Crippen LogP) is 4.73. The van der Waals surface area contributed by atoms with Gasteiger partial charge in [-0.2, -0.15) is 0 Å². The van der Waals surface area contributed by atoms with E-state index in [-0.39, 0.29) is 24.7 Å². The number of hydrogen-bond acceptors (Lipinski definition) is 5. The molecule has 0 aliphatic carbocycles. The van der Waals surface area contributed by atoms with Crippen LogP contribution in [0.1, 0.15) is 42.4 Å². The van der Waals surface area contributed by atoms with Gasteiger partial charge in [0.25, 0.3) is 0 Å². The van der Waals surface area contributed by atoms with Crippen molar-refractivity contribution in [3.05, 3.63) is 95.8 Å². The Morgan fingerprint density at radius 1 is 1.06 bits per heavy atom. The summed E-state index contributed by atoms with van der Waals surface area (Å²) in [6, 6.07) is 23.4. The van der Waals surface area contributed by atoms with E-state index in [1.165, 1.54) is 6.92 Å². The van der Waals surface area contributed by atoms with E-state index in [2.05, 4.69) is 20.9 Å². The van der Waals surface area contributed by atoms with Gasteiger partial charge in [0.15, 0.2) is 6.29 Å². The van der Waals surface area contributed by atoms with Gasteiger partial charge in [0.1, 0.15) is 0 Å². The van der Waals surface area contributed by atoms with Crippen molar-refractivity contribution in [3.63, 3.8) is 0 Å². The van der Waals surface area contributed by atoms with Crippen LogP contribution in [0.2, 0.25) is 0 Å². The summed E-state index contributed by atoms with van der Waals surface area (Å²) in [7, 11) is 0. The van der Waals surface area contributed by atoms with E-state index in [0.29, 0.717) is 18.7 Å². The molecule has 1 aliphatic rings. The fourth-order valence-electron chi connectivity index (χ4n) is 4.37. The maximum atomic E-state index is 11.5. The van der Waals surface area contributed by atoms with Gasteiger partial charge >= 0.3 is 0 Å². The highest BCUT2D eigenvalue weighted by Gasteiger charge is 2.32. The molecule has 4 aromatic rings. The second-order valence-corrected chi connectivity index (χ2v) is 8.54. The van der Waals surface area contributed by atoms with E-state index in [1.54, 1.807) is 0 Å². The largest absolute Gasteiger partial charge is 0.392 e. The number of fused-ring (bicyclic) bond motifs is 1. The monoisotopic (exact) mass is 457 g/mol. The number of anilines is 1. The van der Waals surface area contributed by atoms with Crippen molar-refractivity contribution in [1.29, 1.82) is 0 Å². The molecule has 1 saturated heterocycles. The van der Waals surface area contributed by atoms with Crippen LogP contribution in [0.25, 0.3) is 11.0 Å². The lowest BCUT2D eigenvalue weighted by atomic mass is 10.00. The van der Waals surface area contributed by atoms with Gasteiger partial charge in [-0.15, -0.1) is 0 Å². The summed E-state index contributed by atoms with van der Waals surface area (Å²) in [5.41, 5.74) is 5.43. The molecule has 2 N–H and O–H groups in total. The molecule has 0 bridgehead atoms. The number of amides is 1. The molecule has 5 rings (SSSR count). The van der Waals surface area contributed by atoms with Crippen LogP contribution in [0.4, 0.5) is 5.69 Å². The number of para-hydroxylation sites is 2. The van der Waals surface area contributed by atoms with Gasteiger partial charge in [0.2, 0.25) is 5.91 Å². The normalized spacial score (nSPS) is 20.4. The first-order valence-corrected chi connectivity index (χ1v) is 11.4. The summed E-state index contributed by atoms with van der Waals surface area (Å²) < 4.78 is 14.9. The Labute approximate surface area is 198 Å². The highest BCUT2D eigenvalue weighted by Crippen LogP contribution is 2.39. The summed E-state index contributed by atoms with van der Waals surface area (Å²) in [5.74, 6) is -0.130. The Kier molecular flexibility index (Phi) is 6.40. The molecule has 34 heavy (non-hydrogen) atoms. The number of carbonyl (C=O) groups excluding carboxylic acids is 1. The zero-order valence-corrected chi connectivity index (χ0v) is 18.9. The van der Waals surface area contributed by atoms with Crippen LogP contribution in [0, 0.1) is 0 Å². The number of nitrogens with one attached hydrogen (secondary N) is 1. The lowest BCUT2D eigenvalue weighted by Crippen LogP contribution is -2.32. The van der Waals surface area contributed by atoms with Crippen LogP contribution in [-0.2, 0) is 27.4 Å². The molecule has 7 nitrogen and oxygen atoms in total. The van der Waals surface area contributed by atoms with E-state index in [0.717, 1.165) is 27.7 Å². The van der Waals surface area contributed by atoms with Gasteiger partial charge in [-0.05, 0) is 35.4 Å². The second kappa shape index (κ2) is 9.77. The summed E-state index contributed by atoms with van der Waals surface area (Å²) in [4.78, 5) is 16.0. The number of hydrogen-bond donors (Lipinski definition) is 2. The van der Waals surface area contributed by atoms with E-state index in [9.17, 15) is 9.90 Å². The number of aliphatic hydroxyl groups is 1. The van der Waals surface area contributed by atoms with Gasteiger partial charge < -0.3 is 24.5 Å². The third kappa shape index (κ3) is 4.87. The van der Waals surface area contributed by atoms with Crippen molar-refractivity contribution >= 4 is 22.6 Å². The molecule has 1 amide bonds. The smallest absolute Gasteiger partial charge is 0.221 e. The van der Waals surface area contributed by atoms with Crippen molar-refractivity contribution in [2.45, 2.75) is 45.0 Å². The molecule has 3 aromatic carbocycles. The Bertz CT molecular complexity index is 1280. The zero-order valence-electron chi connectivity index (χ0n) is 18.9. The van der Waals surface area contributed by atoms with E-state index in [4.69, 9.17) is 9.47 Å². The molecule has 7 heteroatoms. The van der Waals surface area contributed by atoms with Crippen molar-refractivity contribution in [2.75, 3.05) is 5.32 Å². The molecule has 0 unspecified atom stereocenters. The van der Waals surface area contributed by atoms with Gasteiger partial charge in [-0.1, -0.05) is 48.5 Å². The molecular weight excluding hydrogens is 430 g/mol. The molecule has 174 valence electrons. The molecule has 1 fully saturated rings. The maximum Gasteiger partial charge on any atom is 0.221 e. The van der Waals surface area contributed by atoms with Crippen LogP contribution in [0.15, 0.2) is 79.1 Å². The first kappa shape index (κ1) is 22.3. The lowest BCUT2D eigenvalue weighted by molar-refractivity contribution is -0.252. The SMILES string of the molecule is CC(=O)Nc1cccc([C@H]2O[C@@H](Cn3cnc4ccccc43)C[C@@H](c3ccc(CO)cc3)O2)c1. The molecule has 0 spiro atoms. The van der Waals surface area contributed by atoms with Crippen LogP contribution in [-0.4, -0.2) is 26.7 Å². The number of nitrogens with zero attached hydrogens (tertiary/aromatic N) is 2. The van der Waals surface area contributed by atoms with Crippen LogP contribution >= 0.6 is 0 Å². The second-order valence-electron chi connectivity index (χ2n) is 8.54. The third-order valence-corrected chi connectivity index (χ3v) is 6.02. The molecule has 2 heterocycles. The van der Waals surface area contributed by atoms with E-state index >= 15 is 0 Å². The Hall–Kier alpha value is -3.52. The van der Waals surface area contributed by atoms with Crippen molar-refractivity contribution in [3.8, 4) is 0 Å². The van der Waals surface area contributed by atoms with Crippen molar-refractivity contribution in [1.82, 2.24) is 9.55 Å². The predicted molar refractivity (Wildman–Crippen MR) is 129 cm³/mol. The van der Waals surface area contributed by atoms with E-state index < -0.39 is 6.29 Å². The number of aromatic nitrogens is 2. The maximum absolute atomic E-state index is 11.5. The minimum Gasteiger partial charge on any atom is -0.392 e. The van der Waals surface area contributed by atoms with Crippen molar-refractivity contribution < 1.29 is 19.4 Å². The first-order chi connectivity index (χ1) is 16.6. The Morgan fingerprint density at radius 3 is 2.68 bits per heavy atom. The molecule has 1 aromatic heterocycles. The summed E-state index contributed by atoms with van der Waals surface area (Å²) in [6.45, 7) is 2.12. The molecular formula is C27H27N3O4. The molecule has 1 aliphatic heterocycles. The average Bonchev–Trinajstić information content (AvgIpc) is 3.26. The fraction of sp³-hybridized carbons (Fsp3) is 0.259. The summed E-state index contributed by atoms with van der Waals surface area (Å²) in [5, 5.41) is 12.2. The number of ether oxygens (including phenoxy) is 2. The minimum absolute atomic E-state index is 0.00378. The standard InChI is InChI=1S/C27H27N3O4/c1-18(32)29-22-6-4-5-21(13-22)27-33-23(15-30-17-28-24-7-2-3-8-25(24)30)14-26(34-27)20-11-9-19(16-31)10-12-20/h2-13,17,23,26-27,31H,14-16H2,1H3,(H,29,32)/t23-,26+,27+/m1/s1. The average molecular weight is 458 g/mol. The third-order valence-electron chi connectivity index (χ3n) is 6.02. The molecule has 0 radical (unpaired) electrons. The number of benzene rings is 3. The Morgan fingerprint density at radius 2 is 1.88 bits per heavy atom. The number of carbonyl (C=O) groups is 1. The quantitative estimate of drug-likeness (QED) is 0.437. The van der Waals surface area contributed by atoms with Gasteiger partial charge in [-0.25, -0.2) is 4.98 Å². The molecule has 0 saturated carbocycles. The summed E-state index contributed by atoms with van der Waals surface area (Å²) in [6.07, 6.45) is 1.62. The fourth-order valence-corrected chi connectivity index (χ4v) is 4.37. The zero-order chi connectivity index (χ0) is 23.5. The van der Waals surface area contributed by atoms with Gasteiger partial charge in [0.05, 0.1) is 42.7 Å². The van der Waals surface area contributed by atoms with Gasteiger partial charge in [-0.3, -0.25) is 4.79 Å². The van der Waals surface area contributed by atoms with Crippen LogP contribution < -0.4 is 5.32 Å². The topological polar surface area (TPSA) is 85.6 Å². The first-order valence-electron chi connectivity index (χ1n) is 11.4. The lowest BCUT2D eigenvalue weighted by Gasteiger charge is -2.36. The molecule has 3 atom stereocenters. The highest BCUT2D eigenvalue weighted by molar-refractivity contribution is 5.88. The summed E-state index contributed by atoms with van der Waals surface area (Å²) >= 11 is 0. The Balaban J connectivity index is 1.44. The minimum atomic E-state index is -0.593. The number of rotatable bonds is 6. The van der Waals surface area contributed by atoms with Crippen molar-refractivity contribution in [2.24, 2.45) is 0 Å². The highest BCUT2D eigenvalue weighted by atomic mass is 16.7. The number of aliphatic hydroxyl groups excluding tert-OH is 1. The number of imidazole rings is 1. The van der Waals surface area contributed by atoms with Crippen LogP contribution in [0.5, 0.6) is 0 Å². The van der Waals surface area contributed by atoms with Gasteiger partial charge in [0, 0.05) is 24.6 Å². The van der Waals surface area contributed by atoms with Crippen LogP contribution in [0.3, 0.4) is 0 Å².